The van der Waals surface area contributed by atoms with Crippen LogP contribution in [0.2, 0.25) is 0 Å². The van der Waals surface area contributed by atoms with Crippen molar-refractivity contribution in [2.75, 3.05) is 13.6 Å². The van der Waals surface area contributed by atoms with Crippen LogP contribution < -0.4 is 0 Å². The Morgan fingerprint density at radius 3 is 2.50 bits per heavy atom. The van der Waals surface area contributed by atoms with E-state index in [0.29, 0.717) is 12.5 Å². The Bertz CT molecular complexity index is 198. The summed E-state index contributed by atoms with van der Waals surface area (Å²) in [6.07, 6.45) is 1.96. The van der Waals surface area contributed by atoms with Gasteiger partial charge in [0.25, 0.3) is 0 Å². The first-order chi connectivity index (χ1) is 5.59. The molecular weight excluding hydrogens is 158 g/mol. The summed E-state index contributed by atoms with van der Waals surface area (Å²) in [6, 6.07) is 0. The van der Waals surface area contributed by atoms with Gasteiger partial charge >= 0.3 is 5.97 Å². The first-order valence-electron chi connectivity index (χ1n) is 4.05. The largest absolute Gasteiger partial charge is 0.481 e. The van der Waals surface area contributed by atoms with Crippen LogP contribution in [0.1, 0.15) is 19.3 Å². The predicted octanol–water partition coefficient (Wildman–Crippen LogP) is 0.329. The Morgan fingerprint density at radius 2 is 2.08 bits per heavy atom. The number of carboxylic acid groups (broad SMARTS) is 1. The van der Waals surface area contributed by atoms with E-state index in [0.717, 1.165) is 0 Å². The Balaban J connectivity index is 2.24. The van der Waals surface area contributed by atoms with E-state index < -0.39 is 5.97 Å². The van der Waals surface area contributed by atoms with Gasteiger partial charge in [-0.05, 0) is 18.8 Å². The summed E-state index contributed by atoms with van der Waals surface area (Å²) in [5.41, 5.74) is 0. The molecule has 1 saturated carbocycles. The monoisotopic (exact) mass is 171 g/mol. The SMILES string of the molecule is CN(CC1CC1)C(=O)CC(=O)O. The van der Waals surface area contributed by atoms with Crippen molar-refractivity contribution in [1.82, 2.24) is 4.90 Å². The average molecular weight is 171 g/mol. The van der Waals surface area contributed by atoms with Crippen LogP contribution in [0.15, 0.2) is 0 Å². The molecule has 0 saturated heterocycles. The fourth-order valence-corrected chi connectivity index (χ4v) is 1.05. The molecule has 4 heteroatoms. The fourth-order valence-electron chi connectivity index (χ4n) is 1.05. The highest BCUT2D eigenvalue weighted by molar-refractivity contribution is 5.93. The van der Waals surface area contributed by atoms with Crippen molar-refractivity contribution < 1.29 is 14.7 Å². The van der Waals surface area contributed by atoms with Gasteiger partial charge in [-0.2, -0.15) is 0 Å². The molecular formula is C8H13NO3. The minimum atomic E-state index is -1.05. The number of rotatable bonds is 4. The molecule has 1 amide bonds. The van der Waals surface area contributed by atoms with Gasteiger partial charge in [0, 0.05) is 13.6 Å². The first kappa shape index (κ1) is 9.03. The molecule has 0 spiro atoms. The van der Waals surface area contributed by atoms with Crippen LogP contribution in [0.4, 0.5) is 0 Å². The van der Waals surface area contributed by atoms with Gasteiger partial charge in [-0.3, -0.25) is 9.59 Å². The topological polar surface area (TPSA) is 57.6 Å². The molecule has 1 aliphatic rings. The number of carboxylic acids is 1. The van der Waals surface area contributed by atoms with Gasteiger partial charge in [-0.15, -0.1) is 0 Å². The number of amides is 1. The molecule has 68 valence electrons. The summed E-state index contributed by atoms with van der Waals surface area (Å²) in [5, 5.41) is 8.34. The second-order valence-electron chi connectivity index (χ2n) is 3.29. The van der Waals surface area contributed by atoms with Gasteiger partial charge in [0.2, 0.25) is 5.91 Å². The molecule has 0 radical (unpaired) electrons. The lowest BCUT2D eigenvalue weighted by Crippen LogP contribution is -2.30. The van der Waals surface area contributed by atoms with E-state index in [9.17, 15) is 9.59 Å². The van der Waals surface area contributed by atoms with Crippen LogP contribution in [-0.2, 0) is 9.59 Å². The first-order valence-corrected chi connectivity index (χ1v) is 4.05. The van der Waals surface area contributed by atoms with Crippen molar-refractivity contribution in [2.24, 2.45) is 5.92 Å². The maximum Gasteiger partial charge on any atom is 0.312 e. The molecule has 1 fully saturated rings. The number of hydrogen-bond acceptors (Lipinski definition) is 2. The Morgan fingerprint density at radius 1 is 1.50 bits per heavy atom. The van der Waals surface area contributed by atoms with E-state index in [-0.39, 0.29) is 12.3 Å². The van der Waals surface area contributed by atoms with Crippen molar-refractivity contribution in [1.29, 1.82) is 0 Å². The molecule has 0 aliphatic heterocycles. The van der Waals surface area contributed by atoms with Gasteiger partial charge in [0.1, 0.15) is 6.42 Å². The molecule has 0 aromatic carbocycles. The molecule has 0 atom stereocenters. The maximum atomic E-state index is 11.1. The highest BCUT2D eigenvalue weighted by Gasteiger charge is 2.25. The second kappa shape index (κ2) is 3.56. The number of aliphatic carboxylic acids is 1. The lowest BCUT2D eigenvalue weighted by Gasteiger charge is -2.14. The van der Waals surface area contributed by atoms with Crippen LogP contribution in [-0.4, -0.2) is 35.5 Å². The third kappa shape index (κ3) is 2.90. The van der Waals surface area contributed by atoms with Gasteiger partial charge in [0.15, 0.2) is 0 Å². The third-order valence-electron chi connectivity index (χ3n) is 1.96. The zero-order valence-corrected chi connectivity index (χ0v) is 7.12. The van der Waals surface area contributed by atoms with Crippen molar-refractivity contribution >= 4 is 11.9 Å². The Kier molecular flexibility index (Phi) is 2.68. The van der Waals surface area contributed by atoms with Gasteiger partial charge in [-0.25, -0.2) is 0 Å². The fraction of sp³-hybridized carbons (Fsp3) is 0.750. The highest BCUT2D eigenvalue weighted by atomic mass is 16.4. The van der Waals surface area contributed by atoms with Crippen molar-refractivity contribution in [3.05, 3.63) is 0 Å². The summed E-state index contributed by atoms with van der Waals surface area (Å²) < 4.78 is 0. The van der Waals surface area contributed by atoms with E-state index in [2.05, 4.69) is 0 Å². The van der Waals surface area contributed by atoms with Crippen LogP contribution >= 0.6 is 0 Å². The van der Waals surface area contributed by atoms with E-state index >= 15 is 0 Å². The molecule has 0 aromatic rings. The smallest absolute Gasteiger partial charge is 0.312 e. The standard InChI is InChI=1S/C8H13NO3/c1-9(5-6-2-3-6)7(10)4-8(11)12/h6H,2-5H2,1H3,(H,11,12). The van der Waals surface area contributed by atoms with E-state index in [1.54, 1.807) is 7.05 Å². The van der Waals surface area contributed by atoms with Crippen molar-refractivity contribution in [3.63, 3.8) is 0 Å². The van der Waals surface area contributed by atoms with Crippen molar-refractivity contribution in [3.8, 4) is 0 Å². The molecule has 4 nitrogen and oxygen atoms in total. The second-order valence-corrected chi connectivity index (χ2v) is 3.29. The molecule has 12 heavy (non-hydrogen) atoms. The minimum Gasteiger partial charge on any atom is -0.481 e. The lowest BCUT2D eigenvalue weighted by molar-refractivity contribution is -0.143. The molecule has 0 heterocycles. The van der Waals surface area contributed by atoms with Crippen LogP contribution in [0.3, 0.4) is 0 Å². The quantitative estimate of drug-likeness (QED) is 0.620. The van der Waals surface area contributed by atoms with Crippen LogP contribution in [0, 0.1) is 5.92 Å². The number of nitrogens with zero attached hydrogens (tertiary/aromatic N) is 1. The molecule has 1 aliphatic carbocycles. The number of carbonyl (C=O) groups is 2. The van der Waals surface area contributed by atoms with Gasteiger partial charge in [0.05, 0.1) is 0 Å². The molecule has 0 unspecified atom stereocenters. The zero-order valence-electron chi connectivity index (χ0n) is 7.12. The summed E-state index contributed by atoms with van der Waals surface area (Å²) in [4.78, 5) is 22.7. The Hall–Kier alpha value is -1.06. The number of carbonyl (C=O) groups excluding carboxylic acids is 1. The third-order valence-corrected chi connectivity index (χ3v) is 1.96. The highest BCUT2D eigenvalue weighted by Crippen LogP contribution is 2.29. The maximum absolute atomic E-state index is 11.1. The van der Waals surface area contributed by atoms with Crippen LogP contribution in [0.25, 0.3) is 0 Å². The molecule has 0 aromatic heterocycles. The minimum absolute atomic E-state index is 0.297. The van der Waals surface area contributed by atoms with Crippen LogP contribution in [0.5, 0.6) is 0 Å². The Labute approximate surface area is 71.2 Å². The summed E-state index contributed by atoms with van der Waals surface area (Å²) in [5.74, 6) is -0.732. The van der Waals surface area contributed by atoms with E-state index in [1.165, 1.54) is 17.7 Å². The normalized spacial score (nSPS) is 15.8. The van der Waals surface area contributed by atoms with Gasteiger partial charge in [-0.1, -0.05) is 0 Å². The van der Waals surface area contributed by atoms with E-state index in [1.807, 2.05) is 0 Å². The van der Waals surface area contributed by atoms with Crippen molar-refractivity contribution in [2.45, 2.75) is 19.3 Å². The average Bonchev–Trinajstić information content (AvgIpc) is 2.70. The summed E-state index contributed by atoms with van der Waals surface area (Å²) in [6.45, 7) is 0.714. The van der Waals surface area contributed by atoms with E-state index in [4.69, 9.17) is 5.11 Å². The zero-order chi connectivity index (χ0) is 9.14. The molecule has 1 N–H and O–H groups in total. The summed E-state index contributed by atoms with van der Waals surface area (Å²) >= 11 is 0. The number of hydrogen-bond donors (Lipinski definition) is 1. The molecule has 0 bridgehead atoms. The molecule has 1 rings (SSSR count). The van der Waals surface area contributed by atoms with Gasteiger partial charge < -0.3 is 10.0 Å². The lowest BCUT2D eigenvalue weighted by atomic mass is 10.3. The predicted molar refractivity (Wildman–Crippen MR) is 42.6 cm³/mol. The summed E-state index contributed by atoms with van der Waals surface area (Å²) in [7, 11) is 1.66.